The largest absolute Gasteiger partial charge is 0.497 e. The standard InChI is InChI=1S/C19H17ClO6/c1-4-9-25-18(21)13-10-15(20)17(16(11-13)24-3)26-19(22)12-5-7-14(23-2)8-6-12/h4-8,10-11H,1,9H2,2-3H3. The highest BCUT2D eigenvalue weighted by Crippen LogP contribution is 2.37. The SMILES string of the molecule is C=CCOC(=O)c1cc(Cl)c(OC(=O)c2ccc(OC)cc2)c(OC)c1. The molecule has 0 fully saturated rings. The number of ether oxygens (including phenoxy) is 4. The van der Waals surface area contributed by atoms with Crippen molar-refractivity contribution in [2.24, 2.45) is 0 Å². The monoisotopic (exact) mass is 376 g/mol. The number of benzene rings is 2. The van der Waals surface area contributed by atoms with E-state index in [1.807, 2.05) is 0 Å². The number of carbonyl (C=O) groups is 2. The third-order valence-electron chi connectivity index (χ3n) is 3.32. The van der Waals surface area contributed by atoms with E-state index in [2.05, 4.69) is 6.58 Å². The van der Waals surface area contributed by atoms with Gasteiger partial charge in [-0.1, -0.05) is 24.3 Å². The Balaban J connectivity index is 2.26. The average Bonchev–Trinajstić information content (AvgIpc) is 2.67. The molecule has 7 heteroatoms. The molecular weight excluding hydrogens is 360 g/mol. The maximum atomic E-state index is 12.3. The van der Waals surface area contributed by atoms with Crippen molar-refractivity contribution in [2.45, 2.75) is 0 Å². The van der Waals surface area contributed by atoms with Crippen LogP contribution in [-0.2, 0) is 4.74 Å². The summed E-state index contributed by atoms with van der Waals surface area (Å²) in [6.07, 6.45) is 1.45. The van der Waals surface area contributed by atoms with Crippen LogP contribution in [0.4, 0.5) is 0 Å². The smallest absolute Gasteiger partial charge is 0.343 e. The van der Waals surface area contributed by atoms with Crippen LogP contribution in [0.25, 0.3) is 0 Å². The molecule has 26 heavy (non-hydrogen) atoms. The zero-order valence-electron chi connectivity index (χ0n) is 14.3. The Morgan fingerprint density at radius 1 is 1.04 bits per heavy atom. The summed E-state index contributed by atoms with van der Waals surface area (Å²) in [5.41, 5.74) is 0.469. The van der Waals surface area contributed by atoms with Crippen LogP contribution in [0.3, 0.4) is 0 Å². The van der Waals surface area contributed by atoms with Crippen LogP contribution in [0.2, 0.25) is 5.02 Å². The molecule has 0 bridgehead atoms. The fourth-order valence-corrected chi connectivity index (χ4v) is 2.28. The summed E-state index contributed by atoms with van der Waals surface area (Å²) in [4.78, 5) is 24.2. The summed E-state index contributed by atoms with van der Waals surface area (Å²) in [6.45, 7) is 3.53. The molecule has 0 aliphatic heterocycles. The second kappa shape index (κ2) is 8.92. The van der Waals surface area contributed by atoms with E-state index >= 15 is 0 Å². The Labute approximate surface area is 155 Å². The van der Waals surface area contributed by atoms with Crippen molar-refractivity contribution < 1.29 is 28.5 Å². The summed E-state index contributed by atoms with van der Waals surface area (Å²) in [7, 11) is 2.90. The van der Waals surface area contributed by atoms with Gasteiger partial charge in [-0.2, -0.15) is 0 Å². The van der Waals surface area contributed by atoms with Gasteiger partial charge in [0.1, 0.15) is 12.4 Å². The van der Waals surface area contributed by atoms with E-state index in [1.54, 1.807) is 24.3 Å². The molecule has 136 valence electrons. The van der Waals surface area contributed by atoms with Gasteiger partial charge in [0, 0.05) is 0 Å². The molecule has 0 radical (unpaired) electrons. The van der Waals surface area contributed by atoms with Crippen molar-refractivity contribution in [2.75, 3.05) is 20.8 Å². The number of methoxy groups -OCH3 is 2. The van der Waals surface area contributed by atoms with Crippen LogP contribution in [0.15, 0.2) is 49.1 Å². The zero-order chi connectivity index (χ0) is 19.1. The third-order valence-corrected chi connectivity index (χ3v) is 3.60. The Morgan fingerprint density at radius 3 is 2.31 bits per heavy atom. The van der Waals surface area contributed by atoms with Crippen molar-refractivity contribution in [3.05, 3.63) is 65.2 Å². The first-order chi connectivity index (χ1) is 12.5. The van der Waals surface area contributed by atoms with Gasteiger partial charge in [0.25, 0.3) is 0 Å². The lowest BCUT2D eigenvalue weighted by Gasteiger charge is -2.13. The number of rotatable bonds is 7. The molecule has 6 nitrogen and oxygen atoms in total. The van der Waals surface area contributed by atoms with E-state index in [1.165, 1.54) is 32.4 Å². The molecule has 0 heterocycles. The van der Waals surface area contributed by atoms with Crippen LogP contribution in [0.5, 0.6) is 17.2 Å². The summed E-state index contributed by atoms with van der Waals surface area (Å²) in [6, 6.07) is 9.10. The third kappa shape index (κ3) is 4.55. The van der Waals surface area contributed by atoms with Crippen LogP contribution in [0.1, 0.15) is 20.7 Å². The normalized spacial score (nSPS) is 9.96. The molecule has 0 aromatic heterocycles. The van der Waals surface area contributed by atoms with E-state index in [4.69, 9.17) is 30.5 Å². The van der Waals surface area contributed by atoms with Crippen molar-refractivity contribution in [3.63, 3.8) is 0 Å². The molecule has 0 atom stereocenters. The van der Waals surface area contributed by atoms with Crippen molar-refractivity contribution >= 4 is 23.5 Å². The van der Waals surface area contributed by atoms with E-state index in [-0.39, 0.29) is 28.7 Å². The second-order valence-electron chi connectivity index (χ2n) is 4.99. The summed E-state index contributed by atoms with van der Waals surface area (Å²) < 4.78 is 20.5. The van der Waals surface area contributed by atoms with Gasteiger partial charge in [-0.3, -0.25) is 0 Å². The average molecular weight is 377 g/mol. The minimum Gasteiger partial charge on any atom is -0.497 e. The highest BCUT2D eigenvalue weighted by Gasteiger charge is 2.20. The van der Waals surface area contributed by atoms with Crippen LogP contribution in [0, 0.1) is 0 Å². The molecule has 2 aromatic carbocycles. The maximum absolute atomic E-state index is 12.3. The summed E-state index contributed by atoms with van der Waals surface area (Å²) >= 11 is 6.17. The Bertz CT molecular complexity index is 814. The van der Waals surface area contributed by atoms with Gasteiger partial charge < -0.3 is 18.9 Å². The van der Waals surface area contributed by atoms with E-state index < -0.39 is 11.9 Å². The number of esters is 2. The summed E-state index contributed by atoms with van der Waals surface area (Å²) in [5.74, 6) is -0.479. The maximum Gasteiger partial charge on any atom is 0.343 e. The number of hydrogen-bond acceptors (Lipinski definition) is 6. The Hall–Kier alpha value is -2.99. The lowest BCUT2D eigenvalue weighted by molar-refractivity contribution is 0.0549. The lowest BCUT2D eigenvalue weighted by Crippen LogP contribution is -2.11. The predicted octanol–water partition coefficient (Wildman–Crippen LogP) is 3.92. The first-order valence-corrected chi connectivity index (χ1v) is 7.89. The highest BCUT2D eigenvalue weighted by atomic mass is 35.5. The van der Waals surface area contributed by atoms with Gasteiger partial charge in [-0.15, -0.1) is 0 Å². The number of halogens is 1. The molecule has 2 aromatic rings. The zero-order valence-corrected chi connectivity index (χ0v) is 15.0. The summed E-state index contributed by atoms with van der Waals surface area (Å²) in [5, 5.41) is 0.0387. The van der Waals surface area contributed by atoms with Crippen molar-refractivity contribution in [1.82, 2.24) is 0 Å². The molecule has 2 rings (SSSR count). The molecule has 0 aliphatic rings. The topological polar surface area (TPSA) is 71.1 Å². The first-order valence-electron chi connectivity index (χ1n) is 7.52. The van der Waals surface area contributed by atoms with Gasteiger partial charge in [0.15, 0.2) is 11.5 Å². The Morgan fingerprint density at radius 2 is 1.73 bits per heavy atom. The van der Waals surface area contributed by atoms with Gasteiger partial charge in [-0.25, -0.2) is 9.59 Å². The van der Waals surface area contributed by atoms with Gasteiger partial charge in [0.2, 0.25) is 0 Å². The van der Waals surface area contributed by atoms with Crippen molar-refractivity contribution in [1.29, 1.82) is 0 Å². The second-order valence-corrected chi connectivity index (χ2v) is 5.40. The molecule has 0 spiro atoms. The first kappa shape index (κ1) is 19.3. The van der Waals surface area contributed by atoms with Crippen LogP contribution >= 0.6 is 11.6 Å². The Kier molecular flexibility index (Phi) is 6.63. The van der Waals surface area contributed by atoms with Gasteiger partial charge >= 0.3 is 11.9 Å². The molecule has 0 aliphatic carbocycles. The fraction of sp³-hybridized carbons (Fsp3) is 0.158. The molecule has 0 saturated carbocycles. The van der Waals surface area contributed by atoms with Crippen LogP contribution in [-0.4, -0.2) is 32.8 Å². The van der Waals surface area contributed by atoms with E-state index in [0.29, 0.717) is 11.3 Å². The minimum absolute atomic E-state index is 0.00950. The van der Waals surface area contributed by atoms with E-state index in [0.717, 1.165) is 0 Å². The number of carbonyl (C=O) groups excluding carboxylic acids is 2. The number of hydrogen-bond donors (Lipinski definition) is 0. The molecular formula is C19H17ClO6. The molecule has 0 N–H and O–H groups in total. The quantitative estimate of drug-likeness (QED) is 0.414. The van der Waals surface area contributed by atoms with Gasteiger partial charge in [-0.05, 0) is 36.4 Å². The van der Waals surface area contributed by atoms with Crippen molar-refractivity contribution in [3.8, 4) is 17.2 Å². The molecule has 0 saturated heterocycles. The predicted molar refractivity (Wildman–Crippen MR) is 96.4 cm³/mol. The minimum atomic E-state index is -0.630. The van der Waals surface area contributed by atoms with Crippen LogP contribution < -0.4 is 14.2 Å². The van der Waals surface area contributed by atoms with Gasteiger partial charge in [0.05, 0.1) is 30.4 Å². The molecule has 0 unspecified atom stereocenters. The fourth-order valence-electron chi connectivity index (χ4n) is 2.03. The highest BCUT2D eigenvalue weighted by molar-refractivity contribution is 6.32. The molecule has 0 amide bonds. The lowest BCUT2D eigenvalue weighted by atomic mass is 10.2. The van der Waals surface area contributed by atoms with E-state index in [9.17, 15) is 9.59 Å².